The first-order valence-corrected chi connectivity index (χ1v) is 6.96. The third-order valence-electron chi connectivity index (χ3n) is 4.21. The summed E-state index contributed by atoms with van der Waals surface area (Å²) in [6, 6.07) is 17.0. The zero-order valence-electron chi connectivity index (χ0n) is 11.3. The van der Waals surface area contributed by atoms with Gasteiger partial charge in [0.05, 0.1) is 0 Å². The van der Waals surface area contributed by atoms with E-state index in [0.29, 0.717) is 11.1 Å². The molecule has 0 radical (unpaired) electrons. The van der Waals surface area contributed by atoms with Crippen LogP contribution in [0.5, 0.6) is 0 Å². The molecule has 0 amide bonds. The molecule has 1 N–H and O–H groups in total. The SMILES string of the molecule is O=C1c2ccccc2[C@@H](O)C12OC2/C=C/c1ccccc1. The highest BCUT2D eigenvalue weighted by molar-refractivity contribution is 6.10. The molecule has 4 rings (SSSR count). The fourth-order valence-corrected chi connectivity index (χ4v) is 3.03. The molecule has 2 aliphatic rings. The van der Waals surface area contributed by atoms with Gasteiger partial charge in [-0.05, 0) is 11.1 Å². The van der Waals surface area contributed by atoms with Gasteiger partial charge in [0.15, 0.2) is 5.60 Å². The van der Waals surface area contributed by atoms with Gasteiger partial charge >= 0.3 is 0 Å². The number of ketones is 1. The van der Waals surface area contributed by atoms with Gasteiger partial charge in [0.1, 0.15) is 12.2 Å². The highest BCUT2D eigenvalue weighted by Gasteiger charge is 2.69. The number of carbonyl (C=O) groups excluding carboxylic acids is 1. The zero-order chi connectivity index (χ0) is 14.4. The summed E-state index contributed by atoms with van der Waals surface area (Å²) in [6.45, 7) is 0. The largest absolute Gasteiger partial charge is 0.385 e. The number of benzene rings is 2. The molecule has 104 valence electrons. The number of rotatable bonds is 2. The van der Waals surface area contributed by atoms with Crippen molar-refractivity contribution in [2.45, 2.75) is 17.8 Å². The number of fused-ring (bicyclic) bond motifs is 1. The van der Waals surface area contributed by atoms with Crippen LogP contribution in [0.25, 0.3) is 6.08 Å². The molecule has 3 atom stereocenters. The molecule has 1 heterocycles. The molecule has 0 bridgehead atoms. The predicted molar refractivity (Wildman–Crippen MR) is 78.8 cm³/mol. The lowest BCUT2D eigenvalue weighted by Crippen LogP contribution is -2.27. The molecule has 2 aromatic carbocycles. The van der Waals surface area contributed by atoms with Crippen LogP contribution in [-0.2, 0) is 4.74 Å². The maximum atomic E-state index is 12.5. The van der Waals surface area contributed by atoms with Crippen LogP contribution in [0, 0.1) is 0 Å². The van der Waals surface area contributed by atoms with E-state index in [-0.39, 0.29) is 11.9 Å². The molecule has 1 saturated heterocycles. The molecule has 3 nitrogen and oxygen atoms in total. The lowest BCUT2D eigenvalue weighted by molar-refractivity contribution is 0.0621. The quantitative estimate of drug-likeness (QED) is 0.859. The Kier molecular flexibility index (Phi) is 2.61. The summed E-state index contributed by atoms with van der Waals surface area (Å²) in [5.41, 5.74) is 1.17. The average molecular weight is 278 g/mol. The normalized spacial score (nSPS) is 30.0. The van der Waals surface area contributed by atoms with Gasteiger partial charge in [-0.2, -0.15) is 0 Å². The number of epoxide rings is 1. The molecule has 21 heavy (non-hydrogen) atoms. The molecule has 0 aromatic heterocycles. The lowest BCUT2D eigenvalue weighted by atomic mass is 9.97. The molecule has 3 heteroatoms. The van der Waals surface area contributed by atoms with Crippen molar-refractivity contribution in [3.63, 3.8) is 0 Å². The van der Waals surface area contributed by atoms with E-state index in [9.17, 15) is 9.90 Å². The fourth-order valence-electron chi connectivity index (χ4n) is 3.03. The van der Waals surface area contributed by atoms with Crippen molar-refractivity contribution in [1.82, 2.24) is 0 Å². The van der Waals surface area contributed by atoms with E-state index in [1.807, 2.05) is 48.6 Å². The van der Waals surface area contributed by atoms with Gasteiger partial charge in [-0.25, -0.2) is 0 Å². The summed E-state index contributed by atoms with van der Waals surface area (Å²) in [5, 5.41) is 10.4. The molecule has 2 unspecified atom stereocenters. The average Bonchev–Trinajstić information content (AvgIpc) is 3.23. The third kappa shape index (κ3) is 1.71. The van der Waals surface area contributed by atoms with Crippen LogP contribution < -0.4 is 0 Å². The van der Waals surface area contributed by atoms with Gasteiger partial charge in [-0.15, -0.1) is 0 Å². The molecule has 0 saturated carbocycles. The number of ether oxygens (including phenoxy) is 1. The van der Waals surface area contributed by atoms with Crippen LogP contribution in [0.2, 0.25) is 0 Å². The first-order chi connectivity index (χ1) is 10.2. The van der Waals surface area contributed by atoms with Gasteiger partial charge in [0, 0.05) is 5.56 Å². The van der Waals surface area contributed by atoms with Crippen LogP contribution in [0.1, 0.15) is 27.6 Å². The minimum atomic E-state index is -1.10. The van der Waals surface area contributed by atoms with Gasteiger partial charge in [0.25, 0.3) is 0 Å². The molecule has 1 aliphatic carbocycles. The fraction of sp³-hybridized carbons (Fsp3) is 0.167. The van der Waals surface area contributed by atoms with Crippen LogP contribution in [-0.4, -0.2) is 22.6 Å². The first-order valence-electron chi connectivity index (χ1n) is 6.96. The van der Waals surface area contributed by atoms with Crippen molar-refractivity contribution in [3.8, 4) is 0 Å². The van der Waals surface area contributed by atoms with E-state index in [4.69, 9.17) is 4.74 Å². The molecule has 2 aromatic rings. The third-order valence-corrected chi connectivity index (χ3v) is 4.21. The van der Waals surface area contributed by atoms with Crippen LogP contribution >= 0.6 is 0 Å². The van der Waals surface area contributed by atoms with E-state index in [2.05, 4.69) is 0 Å². The molecular weight excluding hydrogens is 264 g/mol. The Morgan fingerprint density at radius 2 is 1.76 bits per heavy atom. The minimum absolute atomic E-state index is 0.117. The number of Topliss-reactive ketones (excluding diaryl/α,β-unsaturated/α-hetero) is 1. The van der Waals surface area contributed by atoms with Gasteiger partial charge < -0.3 is 9.84 Å². The summed E-state index contributed by atoms with van der Waals surface area (Å²) in [4.78, 5) is 12.5. The Balaban J connectivity index is 1.62. The second-order valence-corrected chi connectivity index (χ2v) is 5.42. The predicted octanol–water partition coefficient (Wildman–Crippen LogP) is 2.77. The zero-order valence-corrected chi connectivity index (χ0v) is 11.3. The van der Waals surface area contributed by atoms with Crippen molar-refractivity contribution >= 4 is 11.9 Å². The maximum Gasteiger partial charge on any atom is 0.201 e. The number of carbonyl (C=O) groups is 1. The Morgan fingerprint density at radius 3 is 2.52 bits per heavy atom. The van der Waals surface area contributed by atoms with Crippen LogP contribution in [0.4, 0.5) is 0 Å². The van der Waals surface area contributed by atoms with Crippen LogP contribution in [0.15, 0.2) is 60.7 Å². The Hall–Kier alpha value is -2.23. The summed E-state index contributed by atoms with van der Waals surface area (Å²) in [5.74, 6) is -0.117. The smallest absolute Gasteiger partial charge is 0.201 e. The molecular formula is C18H14O3. The van der Waals surface area contributed by atoms with E-state index in [0.717, 1.165) is 5.56 Å². The van der Waals surface area contributed by atoms with E-state index in [1.165, 1.54) is 0 Å². The molecule has 1 spiro atoms. The first kappa shape index (κ1) is 12.5. The standard InChI is InChI=1S/C18H14O3/c19-16-13-8-4-5-9-14(13)17(20)18(16)15(21-18)11-10-12-6-2-1-3-7-12/h1-11,15-16,19H/b11-10+/t15?,16-,18?/m1/s1. The monoisotopic (exact) mass is 278 g/mol. The Bertz CT molecular complexity index is 735. The Labute approximate surface area is 122 Å². The van der Waals surface area contributed by atoms with E-state index < -0.39 is 11.7 Å². The second kappa shape index (κ2) is 4.38. The number of hydrogen-bond acceptors (Lipinski definition) is 3. The topological polar surface area (TPSA) is 49.8 Å². The maximum absolute atomic E-state index is 12.5. The van der Waals surface area contributed by atoms with E-state index >= 15 is 0 Å². The van der Waals surface area contributed by atoms with Gasteiger partial charge in [-0.3, -0.25) is 4.79 Å². The summed E-state index contributed by atoms with van der Waals surface area (Å²) < 4.78 is 5.61. The van der Waals surface area contributed by atoms with Crippen molar-refractivity contribution in [1.29, 1.82) is 0 Å². The van der Waals surface area contributed by atoms with Crippen molar-refractivity contribution < 1.29 is 14.6 Å². The second-order valence-electron chi connectivity index (χ2n) is 5.42. The number of aliphatic hydroxyl groups is 1. The highest BCUT2D eigenvalue weighted by Crippen LogP contribution is 2.54. The summed E-state index contributed by atoms with van der Waals surface area (Å²) in [6.07, 6.45) is 2.52. The van der Waals surface area contributed by atoms with Gasteiger partial charge in [-0.1, -0.05) is 66.7 Å². The molecule has 1 fully saturated rings. The highest BCUT2D eigenvalue weighted by atomic mass is 16.6. The van der Waals surface area contributed by atoms with Crippen LogP contribution in [0.3, 0.4) is 0 Å². The summed E-state index contributed by atoms with van der Waals surface area (Å²) >= 11 is 0. The van der Waals surface area contributed by atoms with Crippen molar-refractivity contribution in [2.24, 2.45) is 0 Å². The minimum Gasteiger partial charge on any atom is -0.385 e. The van der Waals surface area contributed by atoms with Crippen molar-refractivity contribution in [3.05, 3.63) is 77.4 Å². The lowest BCUT2D eigenvalue weighted by Gasteiger charge is -2.07. The number of hydrogen-bond donors (Lipinski definition) is 1. The summed E-state index contributed by atoms with van der Waals surface area (Å²) in [7, 11) is 0. The Morgan fingerprint density at radius 1 is 1.05 bits per heavy atom. The number of aliphatic hydroxyl groups excluding tert-OH is 1. The van der Waals surface area contributed by atoms with Gasteiger partial charge in [0.2, 0.25) is 5.78 Å². The molecule has 1 aliphatic heterocycles. The van der Waals surface area contributed by atoms with E-state index in [1.54, 1.807) is 18.2 Å². The van der Waals surface area contributed by atoms with Crippen molar-refractivity contribution in [2.75, 3.05) is 0 Å².